The van der Waals surface area contributed by atoms with Crippen LogP contribution >= 0.6 is 0 Å². The molecule has 106 valence electrons. The highest BCUT2D eigenvalue weighted by molar-refractivity contribution is 5.48. The van der Waals surface area contributed by atoms with E-state index < -0.39 is 0 Å². The maximum Gasteiger partial charge on any atom is 0.146 e. The number of piperidine rings is 1. The molecule has 0 atom stereocenters. The minimum Gasteiger partial charge on any atom is -0.380 e. The molecule has 1 N–H and O–H groups in total. The molecule has 1 fully saturated rings. The number of likely N-dealkylation sites (tertiary alicyclic amines) is 1. The molecule has 2 rings (SSSR count). The number of halogens is 1. The monoisotopic (exact) mass is 264 g/mol. The molecule has 1 aromatic carbocycles. The SMILES string of the molecule is CN1CCC(Nc2ccc(C(C)(C)C)cc2F)CC1. The van der Waals surface area contributed by atoms with Crippen LogP contribution in [0.3, 0.4) is 0 Å². The number of hydrogen-bond acceptors (Lipinski definition) is 2. The summed E-state index contributed by atoms with van der Waals surface area (Å²) in [6.07, 6.45) is 2.16. The van der Waals surface area contributed by atoms with Gasteiger partial charge in [-0.2, -0.15) is 0 Å². The molecule has 1 aliphatic rings. The van der Waals surface area contributed by atoms with E-state index in [0.717, 1.165) is 31.5 Å². The van der Waals surface area contributed by atoms with Crippen LogP contribution in [0.15, 0.2) is 18.2 Å². The first-order valence-electron chi connectivity index (χ1n) is 7.11. The number of anilines is 1. The van der Waals surface area contributed by atoms with Gasteiger partial charge in [0.2, 0.25) is 0 Å². The van der Waals surface area contributed by atoms with Crippen LogP contribution in [0.25, 0.3) is 0 Å². The zero-order chi connectivity index (χ0) is 14.0. The van der Waals surface area contributed by atoms with Gasteiger partial charge in [-0.1, -0.05) is 26.8 Å². The van der Waals surface area contributed by atoms with Crippen LogP contribution in [0.1, 0.15) is 39.2 Å². The molecule has 0 amide bonds. The van der Waals surface area contributed by atoms with Gasteiger partial charge in [-0.3, -0.25) is 0 Å². The lowest BCUT2D eigenvalue weighted by atomic mass is 9.87. The lowest BCUT2D eigenvalue weighted by Crippen LogP contribution is -2.36. The highest BCUT2D eigenvalue weighted by Crippen LogP contribution is 2.27. The quantitative estimate of drug-likeness (QED) is 0.877. The Hall–Kier alpha value is -1.09. The molecule has 0 saturated carbocycles. The zero-order valence-electron chi connectivity index (χ0n) is 12.5. The third-order valence-corrected chi connectivity index (χ3v) is 3.91. The van der Waals surface area contributed by atoms with Gasteiger partial charge in [-0.15, -0.1) is 0 Å². The average molecular weight is 264 g/mol. The van der Waals surface area contributed by atoms with Crippen molar-refractivity contribution >= 4 is 5.69 Å². The summed E-state index contributed by atoms with van der Waals surface area (Å²) in [4.78, 5) is 2.32. The fourth-order valence-electron chi connectivity index (χ4n) is 2.47. The van der Waals surface area contributed by atoms with E-state index in [4.69, 9.17) is 0 Å². The molecule has 0 spiro atoms. The van der Waals surface area contributed by atoms with Crippen LogP contribution in [0.4, 0.5) is 10.1 Å². The average Bonchev–Trinajstić information content (AvgIpc) is 2.33. The minimum absolute atomic E-state index is 0.00702. The van der Waals surface area contributed by atoms with Crippen molar-refractivity contribution in [2.75, 3.05) is 25.5 Å². The fraction of sp³-hybridized carbons (Fsp3) is 0.625. The first-order chi connectivity index (χ1) is 8.86. The molecule has 1 saturated heterocycles. The molecule has 0 aromatic heterocycles. The number of hydrogen-bond donors (Lipinski definition) is 1. The van der Waals surface area contributed by atoms with Gasteiger partial charge in [0.05, 0.1) is 5.69 Å². The third-order valence-electron chi connectivity index (χ3n) is 3.91. The molecule has 2 nitrogen and oxygen atoms in total. The van der Waals surface area contributed by atoms with Crippen molar-refractivity contribution in [3.8, 4) is 0 Å². The summed E-state index contributed by atoms with van der Waals surface area (Å²) in [7, 11) is 2.13. The topological polar surface area (TPSA) is 15.3 Å². The van der Waals surface area contributed by atoms with Crippen LogP contribution in [-0.4, -0.2) is 31.1 Å². The maximum absolute atomic E-state index is 14.1. The molecule has 1 aliphatic heterocycles. The normalized spacial score (nSPS) is 18.6. The van der Waals surface area contributed by atoms with E-state index in [1.54, 1.807) is 6.07 Å². The molecule has 0 radical (unpaired) electrons. The Morgan fingerprint density at radius 1 is 1.21 bits per heavy atom. The first-order valence-corrected chi connectivity index (χ1v) is 7.11. The first kappa shape index (κ1) is 14.3. The van der Waals surface area contributed by atoms with Crippen molar-refractivity contribution < 1.29 is 4.39 Å². The molecule has 0 unspecified atom stereocenters. The molecule has 0 bridgehead atoms. The Balaban J connectivity index is 2.05. The van der Waals surface area contributed by atoms with Gasteiger partial charge in [-0.25, -0.2) is 4.39 Å². The summed E-state index contributed by atoms with van der Waals surface area (Å²) in [5.74, 6) is -0.133. The Labute approximate surface area is 116 Å². The smallest absolute Gasteiger partial charge is 0.146 e. The van der Waals surface area contributed by atoms with Gasteiger partial charge >= 0.3 is 0 Å². The Kier molecular flexibility index (Phi) is 4.14. The van der Waals surface area contributed by atoms with Gasteiger partial charge in [-0.05, 0) is 56.1 Å². The lowest BCUT2D eigenvalue weighted by Gasteiger charge is -2.30. The molecular formula is C16H25FN2. The summed E-state index contributed by atoms with van der Waals surface area (Å²) in [6.45, 7) is 8.47. The van der Waals surface area contributed by atoms with E-state index >= 15 is 0 Å². The van der Waals surface area contributed by atoms with E-state index in [-0.39, 0.29) is 11.2 Å². The second kappa shape index (κ2) is 5.49. The van der Waals surface area contributed by atoms with Crippen molar-refractivity contribution in [3.05, 3.63) is 29.6 Å². The summed E-state index contributed by atoms with van der Waals surface area (Å²) in [5.41, 5.74) is 1.67. The molecular weight excluding hydrogens is 239 g/mol. The predicted molar refractivity (Wildman–Crippen MR) is 79.2 cm³/mol. The van der Waals surface area contributed by atoms with Crippen LogP contribution < -0.4 is 5.32 Å². The van der Waals surface area contributed by atoms with E-state index in [2.05, 4.69) is 38.0 Å². The van der Waals surface area contributed by atoms with E-state index in [1.807, 2.05) is 12.1 Å². The maximum atomic E-state index is 14.1. The van der Waals surface area contributed by atoms with Crippen LogP contribution in [0, 0.1) is 5.82 Å². The highest BCUT2D eigenvalue weighted by atomic mass is 19.1. The molecule has 0 aliphatic carbocycles. The Bertz CT molecular complexity index is 429. The Morgan fingerprint density at radius 3 is 2.37 bits per heavy atom. The van der Waals surface area contributed by atoms with Crippen molar-refractivity contribution in [1.29, 1.82) is 0 Å². The predicted octanol–water partition coefficient (Wildman–Crippen LogP) is 3.63. The summed E-state index contributed by atoms with van der Waals surface area (Å²) < 4.78 is 14.1. The van der Waals surface area contributed by atoms with E-state index in [9.17, 15) is 4.39 Å². The Morgan fingerprint density at radius 2 is 1.84 bits per heavy atom. The third kappa shape index (κ3) is 3.69. The van der Waals surface area contributed by atoms with Gasteiger partial charge in [0.1, 0.15) is 5.82 Å². The van der Waals surface area contributed by atoms with Crippen molar-refractivity contribution in [3.63, 3.8) is 0 Å². The molecule has 19 heavy (non-hydrogen) atoms. The second-order valence-corrected chi connectivity index (χ2v) is 6.67. The van der Waals surface area contributed by atoms with Crippen molar-refractivity contribution in [2.45, 2.75) is 45.1 Å². The van der Waals surface area contributed by atoms with Crippen molar-refractivity contribution in [2.24, 2.45) is 0 Å². The second-order valence-electron chi connectivity index (χ2n) is 6.67. The molecule has 1 aromatic rings. The zero-order valence-corrected chi connectivity index (χ0v) is 12.5. The van der Waals surface area contributed by atoms with Crippen LogP contribution in [-0.2, 0) is 5.41 Å². The van der Waals surface area contributed by atoms with Gasteiger partial charge in [0, 0.05) is 6.04 Å². The van der Waals surface area contributed by atoms with E-state index in [0.29, 0.717) is 11.7 Å². The van der Waals surface area contributed by atoms with Crippen LogP contribution in [0.2, 0.25) is 0 Å². The fourth-order valence-corrected chi connectivity index (χ4v) is 2.47. The van der Waals surface area contributed by atoms with Crippen LogP contribution in [0.5, 0.6) is 0 Å². The van der Waals surface area contributed by atoms with Gasteiger partial charge in [0.15, 0.2) is 0 Å². The number of benzene rings is 1. The van der Waals surface area contributed by atoms with E-state index in [1.165, 1.54) is 0 Å². The molecule has 3 heteroatoms. The number of nitrogens with one attached hydrogen (secondary N) is 1. The number of nitrogens with zero attached hydrogens (tertiary/aromatic N) is 1. The van der Waals surface area contributed by atoms with Crippen molar-refractivity contribution in [1.82, 2.24) is 4.90 Å². The van der Waals surface area contributed by atoms with Gasteiger partial charge < -0.3 is 10.2 Å². The summed E-state index contributed by atoms with van der Waals surface area (Å²) >= 11 is 0. The minimum atomic E-state index is -0.133. The highest BCUT2D eigenvalue weighted by Gasteiger charge is 2.19. The number of rotatable bonds is 2. The van der Waals surface area contributed by atoms with Gasteiger partial charge in [0.25, 0.3) is 0 Å². The lowest BCUT2D eigenvalue weighted by molar-refractivity contribution is 0.263. The summed E-state index contributed by atoms with van der Waals surface area (Å²) in [5, 5.41) is 3.35. The molecule has 1 heterocycles. The summed E-state index contributed by atoms with van der Waals surface area (Å²) in [6, 6.07) is 5.97. The standard InChI is InChI=1S/C16H25FN2/c1-16(2,3)12-5-6-15(14(17)11-12)18-13-7-9-19(4)10-8-13/h5-6,11,13,18H,7-10H2,1-4H3. The largest absolute Gasteiger partial charge is 0.380 e.